The van der Waals surface area contributed by atoms with Crippen molar-refractivity contribution in [2.24, 2.45) is 0 Å². The first-order valence-corrected chi connectivity index (χ1v) is 8.38. The van der Waals surface area contributed by atoms with Gasteiger partial charge in [0.2, 0.25) is 0 Å². The lowest BCUT2D eigenvalue weighted by atomic mass is 10.0. The van der Waals surface area contributed by atoms with Crippen LogP contribution in [0.3, 0.4) is 0 Å². The zero-order valence-electron chi connectivity index (χ0n) is 14.1. The summed E-state index contributed by atoms with van der Waals surface area (Å²) in [6.07, 6.45) is 3.53. The van der Waals surface area contributed by atoms with Crippen LogP contribution in [0.1, 0.15) is 27.5 Å². The molecule has 1 aliphatic rings. The van der Waals surface area contributed by atoms with Crippen LogP contribution < -0.4 is 5.32 Å². The third-order valence-electron chi connectivity index (χ3n) is 4.80. The molecule has 0 saturated heterocycles. The minimum atomic E-state index is -0.0606. The first-order chi connectivity index (χ1) is 12.2. The first-order valence-electron chi connectivity index (χ1n) is 8.38. The molecular formula is C20H20N4O. The highest BCUT2D eigenvalue weighted by Crippen LogP contribution is 2.31. The highest BCUT2D eigenvalue weighted by atomic mass is 16.1. The molecule has 2 aromatic carbocycles. The molecule has 5 nitrogen and oxygen atoms in total. The molecule has 1 unspecified atom stereocenters. The van der Waals surface area contributed by atoms with Crippen LogP contribution in [0.5, 0.6) is 0 Å². The van der Waals surface area contributed by atoms with Crippen molar-refractivity contribution in [2.45, 2.75) is 12.6 Å². The maximum absolute atomic E-state index is 12.8. The lowest BCUT2D eigenvalue weighted by Crippen LogP contribution is -2.33. The summed E-state index contributed by atoms with van der Waals surface area (Å²) in [4.78, 5) is 15.0. The van der Waals surface area contributed by atoms with Crippen molar-refractivity contribution in [3.05, 3.63) is 77.6 Å². The summed E-state index contributed by atoms with van der Waals surface area (Å²) >= 11 is 0. The Morgan fingerprint density at radius 2 is 2.04 bits per heavy atom. The molecule has 25 heavy (non-hydrogen) atoms. The van der Waals surface area contributed by atoms with E-state index in [-0.39, 0.29) is 11.9 Å². The molecule has 0 fully saturated rings. The van der Waals surface area contributed by atoms with Crippen molar-refractivity contribution in [3.8, 4) is 11.1 Å². The Morgan fingerprint density at radius 1 is 1.24 bits per heavy atom. The summed E-state index contributed by atoms with van der Waals surface area (Å²) in [6.45, 7) is 1.51. The largest absolute Gasteiger partial charge is 0.350 e. The standard InChI is InChI=1S/C20H20N4O/c1-24-13-14-6-2-3-8-17(14)19(24)12-21-20(25)18-9-5-4-7-16(18)15-10-22-23-11-15/h2-11,19H,12-13H2,1H3,(H,21,25)(H,22,23). The van der Waals surface area contributed by atoms with Gasteiger partial charge in [-0.05, 0) is 29.8 Å². The fourth-order valence-electron chi connectivity index (χ4n) is 3.50. The van der Waals surface area contributed by atoms with E-state index in [4.69, 9.17) is 0 Å². The predicted octanol–water partition coefficient (Wildman–Crippen LogP) is 2.99. The molecule has 1 aliphatic heterocycles. The third kappa shape index (κ3) is 2.94. The Bertz CT molecular complexity index is 888. The highest BCUT2D eigenvalue weighted by molar-refractivity contribution is 6.00. The molecule has 3 aromatic rings. The predicted molar refractivity (Wildman–Crippen MR) is 97.0 cm³/mol. The molecule has 1 atom stereocenters. The van der Waals surface area contributed by atoms with Gasteiger partial charge in [0.1, 0.15) is 0 Å². The van der Waals surface area contributed by atoms with E-state index in [2.05, 4.69) is 51.7 Å². The summed E-state index contributed by atoms with van der Waals surface area (Å²) in [6, 6.07) is 16.2. The molecule has 5 heteroatoms. The van der Waals surface area contributed by atoms with Crippen LogP contribution in [-0.2, 0) is 6.54 Å². The minimum absolute atomic E-state index is 0.0606. The van der Waals surface area contributed by atoms with Crippen molar-refractivity contribution in [3.63, 3.8) is 0 Å². The monoisotopic (exact) mass is 332 g/mol. The number of hydrogen-bond acceptors (Lipinski definition) is 3. The number of rotatable bonds is 4. The number of aromatic amines is 1. The van der Waals surface area contributed by atoms with E-state index < -0.39 is 0 Å². The number of fused-ring (bicyclic) bond motifs is 1. The van der Waals surface area contributed by atoms with Crippen LogP contribution in [0.4, 0.5) is 0 Å². The topological polar surface area (TPSA) is 61.0 Å². The summed E-state index contributed by atoms with van der Waals surface area (Å²) in [5.74, 6) is -0.0606. The fraction of sp³-hybridized carbons (Fsp3) is 0.200. The maximum Gasteiger partial charge on any atom is 0.251 e. The number of H-pyrrole nitrogens is 1. The zero-order chi connectivity index (χ0) is 17.2. The van der Waals surface area contributed by atoms with Crippen molar-refractivity contribution in [1.82, 2.24) is 20.4 Å². The number of likely N-dealkylation sites (N-methyl/N-ethyl adjacent to an activating group) is 1. The third-order valence-corrected chi connectivity index (χ3v) is 4.80. The lowest BCUT2D eigenvalue weighted by molar-refractivity contribution is 0.0941. The van der Waals surface area contributed by atoms with E-state index >= 15 is 0 Å². The number of benzene rings is 2. The van der Waals surface area contributed by atoms with Crippen molar-refractivity contribution >= 4 is 5.91 Å². The summed E-state index contributed by atoms with van der Waals surface area (Å²) < 4.78 is 0. The van der Waals surface area contributed by atoms with Gasteiger partial charge in [-0.3, -0.25) is 14.8 Å². The Balaban J connectivity index is 1.53. The fourth-order valence-corrected chi connectivity index (χ4v) is 3.50. The van der Waals surface area contributed by atoms with Gasteiger partial charge in [0.15, 0.2) is 0 Å². The second kappa shape index (κ2) is 6.53. The van der Waals surface area contributed by atoms with Gasteiger partial charge in [-0.2, -0.15) is 5.10 Å². The molecule has 2 N–H and O–H groups in total. The van der Waals surface area contributed by atoms with Gasteiger partial charge < -0.3 is 5.32 Å². The lowest BCUT2D eigenvalue weighted by Gasteiger charge is -2.21. The number of carbonyl (C=O) groups is 1. The number of amides is 1. The van der Waals surface area contributed by atoms with E-state index in [0.29, 0.717) is 12.1 Å². The van der Waals surface area contributed by atoms with Crippen LogP contribution in [0.15, 0.2) is 60.9 Å². The smallest absolute Gasteiger partial charge is 0.251 e. The van der Waals surface area contributed by atoms with Crippen LogP contribution in [0.25, 0.3) is 11.1 Å². The molecular weight excluding hydrogens is 312 g/mol. The minimum Gasteiger partial charge on any atom is -0.350 e. The molecule has 1 amide bonds. The van der Waals surface area contributed by atoms with E-state index in [1.165, 1.54) is 11.1 Å². The SMILES string of the molecule is CN1Cc2ccccc2C1CNC(=O)c1ccccc1-c1cn[nH]c1. The van der Waals surface area contributed by atoms with Crippen LogP contribution in [0.2, 0.25) is 0 Å². The van der Waals surface area contributed by atoms with Gasteiger partial charge in [0.25, 0.3) is 5.91 Å². The first kappa shape index (κ1) is 15.6. The van der Waals surface area contributed by atoms with E-state index in [1.54, 1.807) is 12.4 Å². The van der Waals surface area contributed by atoms with Gasteiger partial charge in [-0.25, -0.2) is 0 Å². The van der Waals surface area contributed by atoms with Crippen LogP contribution in [0, 0.1) is 0 Å². The van der Waals surface area contributed by atoms with Crippen LogP contribution in [-0.4, -0.2) is 34.6 Å². The molecule has 2 heterocycles. The molecule has 4 rings (SSSR count). The molecule has 0 saturated carbocycles. The van der Waals surface area contributed by atoms with Gasteiger partial charge >= 0.3 is 0 Å². The molecule has 1 aromatic heterocycles. The zero-order valence-corrected chi connectivity index (χ0v) is 14.1. The summed E-state index contributed by atoms with van der Waals surface area (Å²) in [5.41, 5.74) is 5.09. The van der Waals surface area contributed by atoms with Crippen molar-refractivity contribution in [2.75, 3.05) is 13.6 Å². The second-order valence-corrected chi connectivity index (χ2v) is 6.37. The highest BCUT2D eigenvalue weighted by Gasteiger charge is 2.27. The molecule has 0 spiro atoms. The van der Waals surface area contributed by atoms with Gasteiger partial charge in [0.05, 0.1) is 12.2 Å². The maximum atomic E-state index is 12.8. The summed E-state index contributed by atoms with van der Waals surface area (Å²) in [5, 5.41) is 9.88. The van der Waals surface area contributed by atoms with Crippen molar-refractivity contribution < 1.29 is 4.79 Å². The number of nitrogens with zero attached hydrogens (tertiary/aromatic N) is 2. The number of hydrogen-bond donors (Lipinski definition) is 2. The second-order valence-electron chi connectivity index (χ2n) is 6.37. The van der Waals surface area contributed by atoms with E-state index in [9.17, 15) is 4.79 Å². The normalized spacial score (nSPS) is 16.6. The Hall–Kier alpha value is -2.92. The number of aromatic nitrogens is 2. The van der Waals surface area contributed by atoms with E-state index in [1.807, 2.05) is 24.3 Å². The van der Waals surface area contributed by atoms with Crippen molar-refractivity contribution in [1.29, 1.82) is 0 Å². The average molecular weight is 332 g/mol. The Morgan fingerprint density at radius 3 is 2.88 bits per heavy atom. The molecule has 0 radical (unpaired) electrons. The van der Waals surface area contributed by atoms with Gasteiger partial charge in [-0.15, -0.1) is 0 Å². The van der Waals surface area contributed by atoms with Gasteiger partial charge in [0, 0.05) is 30.4 Å². The van der Waals surface area contributed by atoms with Crippen LogP contribution >= 0.6 is 0 Å². The molecule has 0 aliphatic carbocycles. The molecule has 126 valence electrons. The summed E-state index contributed by atoms with van der Waals surface area (Å²) in [7, 11) is 2.09. The Labute approximate surface area is 146 Å². The van der Waals surface area contributed by atoms with Gasteiger partial charge in [-0.1, -0.05) is 42.5 Å². The quantitative estimate of drug-likeness (QED) is 0.772. The molecule has 0 bridgehead atoms. The average Bonchev–Trinajstić information content (AvgIpc) is 3.27. The van der Waals surface area contributed by atoms with E-state index in [0.717, 1.165) is 17.7 Å². The number of nitrogens with one attached hydrogen (secondary N) is 2. The Kier molecular flexibility index (Phi) is 4.07. The number of carbonyl (C=O) groups excluding carboxylic acids is 1.